The second-order valence-electron chi connectivity index (χ2n) is 8.55. The van der Waals surface area contributed by atoms with E-state index in [1.54, 1.807) is 20.8 Å². The lowest BCUT2D eigenvalue weighted by molar-refractivity contribution is -0.122. The van der Waals surface area contributed by atoms with Crippen LogP contribution in [0.3, 0.4) is 0 Å². The summed E-state index contributed by atoms with van der Waals surface area (Å²) in [6.07, 6.45) is 2.05. The average Bonchev–Trinajstić information content (AvgIpc) is 3.07. The maximum absolute atomic E-state index is 13.1. The topological polar surface area (TPSA) is 91.5 Å². The SMILES string of the molecule is CCOC(=O)c1[nH]c(C)c(C(=O)N2CCC(CC(=O)NCc3ccc(C)cc3)CC2)c1C. The zero-order valence-electron chi connectivity index (χ0n) is 19.4. The van der Waals surface area contributed by atoms with Crippen molar-refractivity contribution in [2.75, 3.05) is 19.7 Å². The molecule has 7 nitrogen and oxygen atoms in total. The molecule has 0 saturated carbocycles. The lowest BCUT2D eigenvalue weighted by Gasteiger charge is -2.32. The number of carbonyl (C=O) groups excluding carboxylic acids is 3. The first-order chi connectivity index (χ1) is 15.3. The first kappa shape index (κ1) is 23.6. The number of aromatic amines is 1. The van der Waals surface area contributed by atoms with E-state index in [4.69, 9.17) is 4.74 Å². The number of hydrogen-bond acceptors (Lipinski definition) is 4. The van der Waals surface area contributed by atoms with E-state index >= 15 is 0 Å². The highest BCUT2D eigenvalue weighted by molar-refractivity contribution is 6.01. The van der Waals surface area contributed by atoms with Gasteiger partial charge in [0.05, 0.1) is 12.2 Å². The number of rotatable bonds is 7. The van der Waals surface area contributed by atoms with Gasteiger partial charge in [-0.25, -0.2) is 4.79 Å². The molecule has 1 aromatic heterocycles. The molecule has 1 aromatic carbocycles. The van der Waals surface area contributed by atoms with E-state index in [9.17, 15) is 14.4 Å². The predicted molar refractivity (Wildman–Crippen MR) is 122 cm³/mol. The first-order valence-electron chi connectivity index (χ1n) is 11.3. The summed E-state index contributed by atoms with van der Waals surface area (Å²) in [6, 6.07) is 8.13. The van der Waals surface area contributed by atoms with Crippen LogP contribution in [-0.2, 0) is 16.1 Å². The molecule has 0 spiro atoms. The second kappa shape index (κ2) is 10.5. The Kier molecular flexibility index (Phi) is 7.72. The molecule has 3 rings (SSSR count). The molecule has 0 unspecified atom stereocenters. The van der Waals surface area contributed by atoms with Gasteiger partial charge in [-0.1, -0.05) is 29.8 Å². The van der Waals surface area contributed by atoms with E-state index in [-0.39, 0.29) is 24.3 Å². The normalized spacial score (nSPS) is 14.3. The monoisotopic (exact) mass is 439 g/mol. The Morgan fingerprint density at radius 3 is 2.38 bits per heavy atom. The number of aryl methyl sites for hydroxylation is 2. The van der Waals surface area contributed by atoms with E-state index in [0.29, 0.717) is 48.6 Å². The largest absolute Gasteiger partial charge is 0.461 e. The summed E-state index contributed by atoms with van der Waals surface area (Å²) in [6.45, 7) is 9.39. The summed E-state index contributed by atoms with van der Waals surface area (Å²) >= 11 is 0. The Labute approximate surface area is 189 Å². The van der Waals surface area contributed by atoms with Crippen LogP contribution in [0.5, 0.6) is 0 Å². The number of nitrogens with one attached hydrogen (secondary N) is 2. The summed E-state index contributed by atoms with van der Waals surface area (Å²) in [4.78, 5) is 42.4. The number of carbonyl (C=O) groups is 3. The number of benzene rings is 1. The van der Waals surface area contributed by atoms with Gasteiger partial charge in [-0.15, -0.1) is 0 Å². The maximum atomic E-state index is 13.1. The Bertz CT molecular complexity index is 970. The Hall–Kier alpha value is -3.09. The molecule has 0 atom stereocenters. The van der Waals surface area contributed by atoms with Gasteiger partial charge < -0.3 is 19.9 Å². The molecule has 2 heterocycles. The number of aromatic nitrogens is 1. The first-order valence-corrected chi connectivity index (χ1v) is 11.3. The molecular weight excluding hydrogens is 406 g/mol. The van der Waals surface area contributed by atoms with Gasteiger partial charge in [-0.2, -0.15) is 0 Å². The molecule has 7 heteroatoms. The smallest absolute Gasteiger partial charge is 0.355 e. The zero-order chi connectivity index (χ0) is 23.3. The van der Waals surface area contributed by atoms with E-state index < -0.39 is 5.97 Å². The Morgan fingerprint density at radius 1 is 1.09 bits per heavy atom. The molecular formula is C25H33N3O4. The predicted octanol–water partition coefficient (Wildman–Crippen LogP) is 3.68. The highest BCUT2D eigenvalue weighted by Gasteiger charge is 2.29. The van der Waals surface area contributed by atoms with Gasteiger partial charge in [0.1, 0.15) is 5.69 Å². The molecule has 1 saturated heterocycles. The average molecular weight is 440 g/mol. The van der Waals surface area contributed by atoms with Crippen molar-refractivity contribution < 1.29 is 19.1 Å². The van der Waals surface area contributed by atoms with Crippen LogP contribution in [0.15, 0.2) is 24.3 Å². The third kappa shape index (κ3) is 5.58. The fourth-order valence-electron chi connectivity index (χ4n) is 4.22. The van der Waals surface area contributed by atoms with Crippen molar-refractivity contribution in [1.82, 2.24) is 15.2 Å². The number of nitrogens with zero attached hydrogens (tertiary/aromatic N) is 1. The number of amides is 2. The molecule has 32 heavy (non-hydrogen) atoms. The summed E-state index contributed by atoms with van der Waals surface area (Å²) in [5, 5.41) is 3.00. The number of hydrogen-bond donors (Lipinski definition) is 2. The van der Waals surface area contributed by atoms with Crippen molar-refractivity contribution >= 4 is 17.8 Å². The number of likely N-dealkylation sites (tertiary alicyclic amines) is 1. The fraction of sp³-hybridized carbons (Fsp3) is 0.480. The van der Waals surface area contributed by atoms with Gasteiger partial charge in [0.2, 0.25) is 5.91 Å². The third-order valence-electron chi connectivity index (χ3n) is 6.12. The van der Waals surface area contributed by atoms with Crippen molar-refractivity contribution in [3.8, 4) is 0 Å². The van der Waals surface area contributed by atoms with Crippen molar-refractivity contribution in [1.29, 1.82) is 0 Å². The molecule has 2 aromatic rings. The third-order valence-corrected chi connectivity index (χ3v) is 6.12. The van der Waals surface area contributed by atoms with E-state index in [1.807, 2.05) is 36.1 Å². The molecule has 2 N–H and O–H groups in total. The number of ether oxygens (including phenoxy) is 1. The van der Waals surface area contributed by atoms with Crippen LogP contribution in [0, 0.1) is 26.7 Å². The van der Waals surface area contributed by atoms with Gasteiger partial charge in [0.15, 0.2) is 0 Å². The van der Waals surface area contributed by atoms with Crippen LogP contribution >= 0.6 is 0 Å². The van der Waals surface area contributed by atoms with Gasteiger partial charge in [0, 0.05) is 31.7 Å². The minimum atomic E-state index is -0.442. The van der Waals surface area contributed by atoms with Crippen LogP contribution in [0.25, 0.3) is 0 Å². The molecule has 2 amide bonds. The standard InChI is InChI=1S/C25H33N3O4/c1-5-32-25(31)23-17(3)22(18(4)27-23)24(30)28-12-10-19(11-13-28)14-21(29)26-15-20-8-6-16(2)7-9-20/h6-9,19,27H,5,10-15H2,1-4H3,(H,26,29). The summed E-state index contributed by atoms with van der Waals surface area (Å²) in [5.41, 5.74) is 4.47. The number of piperidine rings is 1. The molecule has 1 aliphatic heterocycles. The van der Waals surface area contributed by atoms with Crippen LogP contribution in [-0.4, -0.2) is 47.4 Å². The minimum absolute atomic E-state index is 0.0479. The lowest BCUT2D eigenvalue weighted by atomic mass is 9.92. The minimum Gasteiger partial charge on any atom is -0.461 e. The van der Waals surface area contributed by atoms with Gasteiger partial charge >= 0.3 is 5.97 Å². The van der Waals surface area contributed by atoms with Crippen molar-refractivity contribution in [2.24, 2.45) is 5.92 Å². The Balaban J connectivity index is 1.51. The molecule has 1 fully saturated rings. The maximum Gasteiger partial charge on any atom is 0.355 e. The summed E-state index contributed by atoms with van der Waals surface area (Å²) in [7, 11) is 0. The Morgan fingerprint density at radius 2 is 1.75 bits per heavy atom. The van der Waals surface area contributed by atoms with Crippen LogP contribution in [0.4, 0.5) is 0 Å². The highest BCUT2D eigenvalue weighted by atomic mass is 16.5. The molecule has 0 aliphatic carbocycles. The fourth-order valence-corrected chi connectivity index (χ4v) is 4.22. The quantitative estimate of drug-likeness (QED) is 0.644. The van der Waals surface area contributed by atoms with Crippen LogP contribution in [0.1, 0.15) is 69.4 Å². The molecule has 1 aliphatic rings. The second-order valence-corrected chi connectivity index (χ2v) is 8.55. The number of H-pyrrole nitrogens is 1. The summed E-state index contributed by atoms with van der Waals surface area (Å²) in [5.74, 6) is -0.205. The molecule has 0 radical (unpaired) electrons. The molecule has 172 valence electrons. The highest BCUT2D eigenvalue weighted by Crippen LogP contribution is 2.25. The van der Waals surface area contributed by atoms with Crippen molar-refractivity contribution in [2.45, 2.75) is 53.5 Å². The van der Waals surface area contributed by atoms with Crippen molar-refractivity contribution in [3.05, 3.63) is 57.9 Å². The number of esters is 1. The van der Waals surface area contributed by atoms with Crippen LogP contribution < -0.4 is 5.32 Å². The lowest BCUT2D eigenvalue weighted by Crippen LogP contribution is -2.40. The van der Waals surface area contributed by atoms with E-state index in [2.05, 4.69) is 10.3 Å². The zero-order valence-corrected chi connectivity index (χ0v) is 19.4. The summed E-state index contributed by atoms with van der Waals surface area (Å²) < 4.78 is 5.07. The van der Waals surface area contributed by atoms with E-state index in [1.165, 1.54) is 5.56 Å². The van der Waals surface area contributed by atoms with Gasteiger partial charge in [-0.3, -0.25) is 9.59 Å². The van der Waals surface area contributed by atoms with Crippen LogP contribution in [0.2, 0.25) is 0 Å². The van der Waals surface area contributed by atoms with Crippen molar-refractivity contribution in [3.63, 3.8) is 0 Å². The van der Waals surface area contributed by atoms with Gasteiger partial charge in [-0.05, 0) is 57.6 Å². The van der Waals surface area contributed by atoms with E-state index in [0.717, 1.165) is 18.4 Å². The molecule has 0 bridgehead atoms. The van der Waals surface area contributed by atoms with Gasteiger partial charge in [0.25, 0.3) is 5.91 Å².